The Labute approximate surface area is 125 Å². The number of carbonyl (C=O) groups is 1. The van der Waals surface area contributed by atoms with Gasteiger partial charge in [-0.2, -0.15) is 0 Å². The molecular weight excluding hydrogens is 262 g/mol. The summed E-state index contributed by atoms with van der Waals surface area (Å²) < 4.78 is 0. The first kappa shape index (κ1) is 15.1. The van der Waals surface area contributed by atoms with Crippen molar-refractivity contribution in [1.29, 1.82) is 0 Å². The average molecular weight is 283 g/mol. The number of carbonyl (C=O) groups excluding carboxylic acids is 1. The van der Waals surface area contributed by atoms with Crippen LogP contribution < -0.4 is 16.4 Å². The van der Waals surface area contributed by atoms with Crippen LogP contribution in [0.1, 0.15) is 17.5 Å². The van der Waals surface area contributed by atoms with E-state index in [4.69, 9.17) is 5.73 Å². The fourth-order valence-electron chi connectivity index (χ4n) is 2.04. The molecule has 2 amide bonds. The molecule has 0 fully saturated rings. The van der Waals surface area contributed by atoms with Gasteiger partial charge in [-0.15, -0.1) is 0 Å². The molecule has 2 aromatic rings. The van der Waals surface area contributed by atoms with Gasteiger partial charge in [-0.05, 0) is 36.1 Å². The highest BCUT2D eigenvalue weighted by atomic mass is 16.2. The number of aryl methyl sites for hydroxylation is 1. The standard InChI is InChI=1S/C17H21N3O/c18-13-15-8-10-16(11-9-15)20-17(21)19-12-4-7-14-5-2-1-3-6-14/h1-3,5-6,8-11H,4,7,12-13,18H2,(H2,19,20,21). The number of urea groups is 1. The fourth-order valence-corrected chi connectivity index (χ4v) is 2.04. The monoisotopic (exact) mass is 283 g/mol. The molecule has 4 heteroatoms. The molecule has 0 saturated carbocycles. The van der Waals surface area contributed by atoms with Gasteiger partial charge in [0, 0.05) is 18.8 Å². The molecule has 21 heavy (non-hydrogen) atoms. The molecule has 0 radical (unpaired) electrons. The molecule has 0 heterocycles. The van der Waals surface area contributed by atoms with Crippen LogP contribution in [0.25, 0.3) is 0 Å². The van der Waals surface area contributed by atoms with Crippen molar-refractivity contribution in [3.05, 3.63) is 65.7 Å². The van der Waals surface area contributed by atoms with E-state index in [1.807, 2.05) is 42.5 Å². The molecule has 0 bridgehead atoms. The Bertz CT molecular complexity index is 552. The first-order chi connectivity index (χ1) is 10.3. The summed E-state index contributed by atoms with van der Waals surface area (Å²) in [5, 5.41) is 5.66. The van der Waals surface area contributed by atoms with Crippen LogP contribution in [-0.2, 0) is 13.0 Å². The molecule has 0 spiro atoms. The number of hydrogen-bond donors (Lipinski definition) is 3. The Balaban J connectivity index is 1.67. The summed E-state index contributed by atoms with van der Waals surface area (Å²) in [5.41, 5.74) is 8.64. The first-order valence-corrected chi connectivity index (χ1v) is 7.16. The SMILES string of the molecule is NCc1ccc(NC(=O)NCCCc2ccccc2)cc1. The zero-order valence-corrected chi connectivity index (χ0v) is 12.0. The van der Waals surface area contributed by atoms with Crippen LogP contribution in [0.3, 0.4) is 0 Å². The molecule has 0 unspecified atom stereocenters. The molecular formula is C17H21N3O. The van der Waals surface area contributed by atoms with Gasteiger partial charge in [-0.1, -0.05) is 42.5 Å². The number of nitrogens with one attached hydrogen (secondary N) is 2. The van der Waals surface area contributed by atoms with Crippen LogP contribution in [0.15, 0.2) is 54.6 Å². The van der Waals surface area contributed by atoms with E-state index in [-0.39, 0.29) is 6.03 Å². The zero-order chi connectivity index (χ0) is 14.9. The molecule has 0 aliphatic rings. The summed E-state index contributed by atoms with van der Waals surface area (Å²) in [6.45, 7) is 1.16. The second-order valence-corrected chi connectivity index (χ2v) is 4.87. The summed E-state index contributed by atoms with van der Waals surface area (Å²) in [7, 11) is 0. The Hall–Kier alpha value is -2.33. The highest BCUT2D eigenvalue weighted by Crippen LogP contribution is 2.08. The molecule has 110 valence electrons. The topological polar surface area (TPSA) is 67.1 Å². The van der Waals surface area contributed by atoms with Crippen molar-refractivity contribution in [2.45, 2.75) is 19.4 Å². The van der Waals surface area contributed by atoms with Gasteiger partial charge in [0.25, 0.3) is 0 Å². The third kappa shape index (κ3) is 5.28. The van der Waals surface area contributed by atoms with Gasteiger partial charge in [0.15, 0.2) is 0 Å². The van der Waals surface area contributed by atoms with Crippen LogP contribution in [0, 0.1) is 0 Å². The van der Waals surface area contributed by atoms with Crippen molar-refractivity contribution in [2.75, 3.05) is 11.9 Å². The van der Waals surface area contributed by atoms with E-state index in [1.54, 1.807) is 0 Å². The van der Waals surface area contributed by atoms with Crippen LogP contribution in [0.4, 0.5) is 10.5 Å². The number of amides is 2. The van der Waals surface area contributed by atoms with E-state index in [0.29, 0.717) is 13.1 Å². The van der Waals surface area contributed by atoms with Crippen molar-refractivity contribution in [3.63, 3.8) is 0 Å². The van der Waals surface area contributed by atoms with Crippen LogP contribution in [0.5, 0.6) is 0 Å². The van der Waals surface area contributed by atoms with Crippen LogP contribution in [0.2, 0.25) is 0 Å². The van der Waals surface area contributed by atoms with Gasteiger partial charge in [-0.3, -0.25) is 0 Å². The van der Waals surface area contributed by atoms with Crippen molar-refractivity contribution >= 4 is 11.7 Å². The van der Waals surface area contributed by atoms with Gasteiger partial charge in [0.2, 0.25) is 0 Å². The lowest BCUT2D eigenvalue weighted by molar-refractivity contribution is 0.252. The maximum absolute atomic E-state index is 11.7. The summed E-state index contributed by atoms with van der Waals surface area (Å²) in [6.07, 6.45) is 1.88. The second-order valence-electron chi connectivity index (χ2n) is 4.87. The first-order valence-electron chi connectivity index (χ1n) is 7.16. The van der Waals surface area contributed by atoms with Gasteiger partial charge in [-0.25, -0.2) is 4.79 Å². The number of benzene rings is 2. The highest BCUT2D eigenvalue weighted by molar-refractivity contribution is 5.89. The lowest BCUT2D eigenvalue weighted by atomic mass is 10.1. The van der Waals surface area contributed by atoms with Crippen LogP contribution in [-0.4, -0.2) is 12.6 Å². The Morgan fingerprint density at radius 3 is 2.33 bits per heavy atom. The van der Waals surface area contributed by atoms with Crippen molar-refractivity contribution in [1.82, 2.24) is 5.32 Å². The van der Waals surface area contributed by atoms with Crippen LogP contribution >= 0.6 is 0 Å². The Morgan fingerprint density at radius 2 is 1.67 bits per heavy atom. The molecule has 0 aromatic heterocycles. The maximum Gasteiger partial charge on any atom is 0.319 e. The largest absolute Gasteiger partial charge is 0.338 e. The van der Waals surface area contributed by atoms with Crippen molar-refractivity contribution < 1.29 is 4.79 Å². The summed E-state index contributed by atoms with van der Waals surface area (Å²) >= 11 is 0. The molecule has 0 aliphatic heterocycles. The number of nitrogens with two attached hydrogens (primary N) is 1. The Kier molecular flexibility index (Phi) is 5.79. The summed E-state index contributed by atoms with van der Waals surface area (Å²) in [6, 6.07) is 17.6. The highest BCUT2D eigenvalue weighted by Gasteiger charge is 2.01. The molecule has 2 rings (SSSR count). The van der Waals surface area contributed by atoms with Gasteiger partial charge >= 0.3 is 6.03 Å². The second kappa shape index (κ2) is 8.07. The smallest absolute Gasteiger partial charge is 0.319 e. The Morgan fingerprint density at radius 1 is 0.952 bits per heavy atom. The average Bonchev–Trinajstić information content (AvgIpc) is 2.53. The lowest BCUT2D eigenvalue weighted by Crippen LogP contribution is -2.29. The predicted molar refractivity (Wildman–Crippen MR) is 86.1 cm³/mol. The van der Waals surface area contributed by atoms with Crippen molar-refractivity contribution in [2.24, 2.45) is 5.73 Å². The van der Waals surface area contributed by atoms with Crippen molar-refractivity contribution in [3.8, 4) is 0 Å². The minimum absolute atomic E-state index is 0.177. The third-order valence-electron chi connectivity index (χ3n) is 3.22. The fraction of sp³-hybridized carbons (Fsp3) is 0.235. The maximum atomic E-state index is 11.7. The van der Waals surface area contributed by atoms with E-state index in [0.717, 1.165) is 24.1 Å². The molecule has 2 aromatic carbocycles. The summed E-state index contributed by atoms with van der Waals surface area (Å²) in [5.74, 6) is 0. The number of hydrogen-bond acceptors (Lipinski definition) is 2. The number of anilines is 1. The quantitative estimate of drug-likeness (QED) is 0.714. The predicted octanol–water partition coefficient (Wildman–Crippen LogP) is 2.90. The van der Waals surface area contributed by atoms with E-state index >= 15 is 0 Å². The molecule has 4 N–H and O–H groups in total. The number of rotatable bonds is 6. The summed E-state index contributed by atoms with van der Waals surface area (Å²) in [4.78, 5) is 11.7. The van der Waals surface area contributed by atoms with Gasteiger partial charge < -0.3 is 16.4 Å². The molecule has 0 aliphatic carbocycles. The van der Waals surface area contributed by atoms with Gasteiger partial charge in [0.1, 0.15) is 0 Å². The normalized spacial score (nSPS) is 10.1. The van der Waals surface area contributed by atoms with E-state index in [1.165, 1.54) is 5.56 Å². The zero-order valence-electron chi connectivity index (χ0n) is 12.0. The van der Waals surface area contributed by atoms with Gasteiger partial charge in [0.05, 0.1) is 0 Å². The molecule has 4 nitrogen and oxygen atoms in total. The minimum Gasteiger partial charge on any atom is -0.338 e. The third-order valence-corrected chi connectivity index (χ3v) is 3.22. The molecule has 0 saturated heterocycles. The van der Waals surface area contributed by atoms with E-state index < -0.39 is 0 Å². The van der Waals surface area contributed by atoms with E-state index in [9.17, 15) is 4.79 Å². The van der Waals surface area contributed by atoms with E-state index in [2.05, 4.69) is 22.8 Å². The minimum atomic E-state index is -0.177. The molecule has 0 atom stereocenters. The lowest BCUT2D eigenvalue weighted by Gasteiger charge is -2.08.